The van der Waals surface area contributed by atoms with Crippen molar-refractivity contribution in [2.45, 2.75) is 57.8 Å². The van der Waals surface area contributed by atoms with Crippen molar-refractivity contribution < 1.29 is 24.2 Å². The van der Waals surface area contributed by atoms with E-state index in [1.807, 2.05) is 0 Å². The normalized spacial score (nSPS) is 15.9. The van der Waals surface area contributed by atoms with E-state index < -0.39 is 24.0 Å². The summed E-state index contributed by atoms with van der Waals surface area (Å²) in [7, 11) is 0. The predicted octanol–water partition coefficient (Wildman–Crippen LogP) is 1.88. The number of aliphatic hydroxyl groups is 1. The number of urea groups is 1. The van der Waals surface area contributed by atoms with E-state index in [1.54, 1.807) is 12.1 Å². The van der Waals surface area contributed by atoms with E-state index in [9.17, 15) is 14.4 Å². The number of carbonyl (C=O) groups excluding carboxylic acids is 3. The number of amides is 3. The Balaban J connectivity index is 1.80. The van der Waals surface area contributed by atoms with Crippen molar-refractivity contribution in [3.8, 4) is 0 Å². The molecule has 25 heavy (non-hydrogen) atoms. The maximum absolute atomic E-state index is 12.0. The quantitative estimate of drug-likeness (QED) is 0.705. The monoisotopic (exact) mass is 348 g/mol. The third kappa shape index (κ3) is 5.86. The smallest absolute Gasteiger partial charge is 0.338 e. The van der Waals surface area contributed by atoms with Gasteiger partial charge < -0.3 is 15.2 Å². The average molecular weight is 348 g/mol. The zero-order valence-corrected chi connectivity index (χ0v) is 14.3. The molecule has 0 spiro atoms. The van der Waals surface area contributed by atoms with Gasteiger partial charge in [-0.05, 0) is 37.5 Å². The second kappa shape index (κ2) is 9.17. The standard InChI is InChI=1S/C18H24N2O5/c1-12(25-17(23)14-9-7-13(11-21)8-10-14)16(22)20-18(24)19-15-5-3-2-4-6-15/h7-10,12,15,21H,2-6,11H2,1H3,(H2,19,20,22,24)/t12-/m1/s1. The van der Waals surface area contributed by atoms with Gasteiger partial charge in [0.1, 0.15) is 0 Å². The fourth-order valence-electron chi connectivity index (χ4n) is 2.71. The van der Waals surface area contributed by atoms with Crippen molar-refractivity contribution in [2.75, 3.05) is 0 Å². The van der Waals surface area contributed by atoms with Gasteiger partial charge in [-0.15, -0.1) is 0 Å². The summed E-state index contributed by atoms with van der Waals surface area (Å²) < 4.78 is 5.07. The van der Waals surface area contributed by atoms with Crippen LogP contribution in [0.3, 0.4) is 0 Å². The SMILES string of the molecule is C[C@@H](OC(=O)c1ccc(CO)cc1)C(=O)NC(=O)NC1CCCCC1. The third-order valence-corrected chi connectivity index (χ3v) is 4.20. The zero-order valence-electron chi connectivity index (χ0n) is 14.3. The first kappa shape index (κ1) is 18.9. The lowest BCUT2D eigenvalue weighted by molar-refractivity contribution is -0.127. The van der Waals surface area contributed by atoms with Gasteiger partial charge in [0.2, 0.25) is 0 Å². The molecule has 2 rings (SSSR count). The fourth-order valence-corrected chi connectivity index (χ4v) is 2.71. The Hall–Kier alpha value is -2.41. The molecule has 136 valence electrons. The molecule has 0 aromatic heterocycles. The van der Waals surface area contributed by atoms with Crippen molar-refractivity contribution in [1.82, 2.24) is 10.6 Å². The van der Waals surface area contributed by atoms with Crippen molar-refractivity contribution in [3.63, 3.8) is 0 Å². The molecule has 7 nitrogen and oxygen atoms in total. The second-order valence-electron chi connectivity index (χ2n) is 6.20. The minimum Gasteiger partial charge on any atom is -0.449 e. The number of carbonyl (C=O) groups is 3. The van der Waals surface area contributed by atoms with Crippen molar-refractivity contribution >= 4 is 17.9 Å². The van der Waals surface area contributed by atoms with Crippen molar-refractivity contribution in [2.24, 2.45) is 0 Å². The van der Waals surface area contributed by atoms with Crippen LogP contribution >= 0.6 is 0 Å². The van der Waals surface area contributed by atoms with E-state index in [0.717, 1.165) is 25.7 Å². The van der Waals surface area contributed by atoms with Gasteiger partial charge in [-0.2, -0.15) is 0 Å². The number of hydrogen-bond donors (Lipinski definition) is 3. The molecule has 0 aliphatic heterocycles. The summed E-state index contributed by atoms with van der Waals surface area (Å²) >= 11 is 0. The summed E-state index contributed by atoms with van der Waals surface area (Å²) in [6, 6.07) is 5.73. The summed E-state index contributed by atoms with van der Waals surface area (Å²) in [4.78, 5) is 35.8. The lowest BCUT2D eigenvalue weighted by atomic mass is 9.96. The molecule has 1 aliphatic rings. The van der Waals surface area contributed by atoms with Crippen LogP contribution in [-0.2, 0) is 16.1 Å². The molecule has 3 amide bonds. The highest BCUT2D eigenvalue weighted by molar-refractivity contribution is 5.98. The molecule has 0 unspecified atom stereocenters. The van der Waals surface area contributed by atoms with Gasteiger partial charge in [-0.1, -0.05) is 31.4 Å². The van der Waals surface area contributed by atoms with Crippen LogP contribution in [0.4, 0.5) is 4.79 Å². The fraction of sp³-hybridized carbons (Fsp3) is 0.500. The van der Waals surface area contributed by atoms with Gasteiger partial charge in [-0.3, -0.25) is 10.1 Å². The Morgan fingerprint density at radius 1 is 1.16 bits per heavy atom. The first-order chi connectivity index (χ1) is 12.0. The number of benzene rings is 1. The molecule has 1 fully saturated rings. The summed E-state index contributed by atoms with van der Waals surface area (Å²) in [6.07, 6.45) is 4.04. The number of aliphatic hydroxyl groups excluding tert-OH is 1. The van der Waals surface area contributed by atoms with E-state index in [0.29, 0.717) is 5.56 Å². The molecule has 7 heteroatoms. The molecule has 3 N–H and O–H groups in total. The average Bonchev–Trinajstić information content (AvgIpc) is 2.62. The van der Waals surface area contributed by atoms with Gasteiger partial charge in [0.25, 0.3) is 5.91 Å². The number of imide groups is 1. The number of nitrogens with one attached hydrogen (secondary N) is 2. The van der Waals surface area contributed by atoms with Crippen LogP contribution in [0.15, 0.2) is 24.3 Å². The number of rotatable bonds is 5. The molecule has 0 saturated heterocycles. The Bertz CT molecular complexity index is 608. The minimum atomic E-state index is -1.10. The van der Waals surface area contributed by atoms with Crippen LogP contribution < -0.4 is 10.6 Å². The molecule has 0 heterocycles. The Kier molecular flexibility index (Phi) is 6.94. The van der Waals surface area contributed by atoms with E-state index in [1.165, 1.54) is 25.5 Å². The molecular weight excluding hydrogens is 324 g/mol. The molecule has 1 atom stereocenters. The second-order valence-corrected chi connectivity index (χ2v) is 6.20. The van der Waals surface area contributed by atoms with E-state index in [2.05, 4.69) is 10.6 Å². The number of esters is 1. The molecule has 1 aromatic carbocycles. The van der Waals surface area contributed by atoms with E-state index in [4.69, 9.17) is 9.84 Å². The summed E-state index contributed by atoms with van der Waals surface area (Å²) in [6.45, 7) is 1.29. The zero-order chi connectivity index (χ0) is 18.2. The van der Waals surface area contributed by atoms with Gasteiger partial charge in [0, 0.05) is 6.04 Å². The van der Waals surface area contributed by atoms with Gasteiger partial charge >= 0.3 is 12.0 Å². The van der Waals surface area contributed by atoms with Crippen molar-refractivity contribution in [3.05, 3.63) is 35.4 Å². The summed E-state index contributed by atoms with van der Waals surface area (Å²) in [5, 5.41) is 13.9. The third-order valence-electron chi connectivity index (χ3n) is 4.20. The van der Waals surface area contributed by atoms with E-state index in [-0.39, 0.29) is 18.2 Å². The maximum Gasteiger partial charge on any atom is 0.338 e. The Labute approximate surface area is 146 Å². The van der Waals surface area contributed by atoms with Crippen LogP contribution in [-0.4, -0.2) is 35.2 Å². The first-order valence-corrected chi connectivity index (χ1v) is 8.51. The van der Waals surface area contributed by atoms with E-state index >= 15 is 0 Å². The van der Waals surface area contributed by atoms with Gasteiger partial charge in [0.15, 0.2) is 6.10 Å². The lowest BCUT2D eigenvalue weighted by Crippen LogP contribution is -2.48. The number of ether oxygens (including phenoxy) is 1. The van der Waals surface area contributed by atoms with Crippen molar-refractivity contribution in [1.29, 1.82) is 0 Å². The van der Waals surface area contributed by atoms with Crippen LogP contribution in [0.5, 0.6) is 0 Å². The Morgan fingerprint density at radius 3 is 2.40 bits per heavy atom. The van der Waals surface area contributed by atoms with Crippen LogP contribution in [0.25, 0.3) is 0 Å². The summed E-state index contributed by atoms with van der Waals surface area (Å²) in [5.41, 5.74) is 0.935. The minimum absolute atomic E-state index is 0.0874. The largest absolute Gasteiger partial charge is 0.449 e. The van der Waals surface area contributed by atoms with Crippen LogP contribution in [0.1, 0.15) is 54.9 Å². The molecule has 0 bridgehead atoms. The molecular formula is C18H24N2O5. The topological polar surface area (TPSA) is 105 Å². The molecule has 1 saturated carbocycles. The van der Waals surface area contributed by atoms with Gasteiger partial charge in [0.05, 0.1) is 12.2 Å². The highest BCUT2D eigenvalue weighted by Crippen LogP contribution is 2.17. The highest BCUT2D eigenvalue weighted by atomic mass is 16.5. The Morgan fingerprint density at radius 2 is 1.80 bits per heavy atom. The summed E-state index contributed by atoms with van der Waals surface area (Å²) in [5.74, 6) is -1.34. The van der Waals surface area contributed by atoms with Crippen LogP contribution in [0.2, 0.25) is 0 Å². The highest BCUT2D eigenvalue weighted by Gasteiger charge is 2.22. The molecule has 1 aromatic rings. The maximum atomic E-state index is 12.0. The first-order valence-electron chi connectivity index (χ1n) is 8.51. The predicted molar refractivity (Wildman–Crippen MR) is 90.8 cm³/mol. The number of hydrogen-bond acceptors (Lipinski definition) is 5. The molecule has 0 radical (unpaired) electrons. The van der Waals surface area contributed by atoms with Gasteiger partial charge in [-0.25, -0.2) is 9.59 Å². The molecule has 1 aliphatic carbocycles. The van der Waals surface area contributed by atoms with Crippen LogP contribution in [0, 0.1) is 0 Å². The lowest BCUT2D eigenvalue weighted by Gasteiger charge is -2.23.